The Balaban J connectivity index is 1.81. The molecule has 4 rings (SSSR count). The molecule has 152 valence electrons. The number of hydrogen-bond donors (Lipinski definition) is 1. The summed E-state index contributed by atoms with van der Waals surface area (Å²) >= 11 is 0. The maximum Gasteiger partial charge on any atom is 0.453 e. The molecule has 0 atom stereocenters. The second-order valence-corrected chi connectivity index (χ2v) is 6.32. The fraction of sp³-hybridized carbons (Fsp3) is 0.0500. The number of aromatic nitrogens is 3. The molecule has 0 saturated carbocycles. The molecule has 2 aromatic carbocycles. The first-order valence-corrected chi connectivity index (χ1v) is 8.51. The highest BCUT2D eigenvalue weighted by atomic mass is 19.4. The highest BCUT2D eigenvalue weighted by Crippen LogP contribution is 2.42. The summed E-state index contributed by atoms with van der Waals surface area (Å²) in [6.45, 7) is 0. The number of nitrogens with zero attached hydrogens (tertiary/aromatic N) is 3. The predicted molar refractivity (Wildman–Crippen MR) is 98.0 cm³/mol. The minimum absolute atomic E-state index is 0.0399. The number of rotatable bonds is 4. The van der Waals surface area contributed by atoms with E-state index in [-0.39, 0.29) is 28.1 Å². The summed E-state index contributed by atoms with van der Waals surface area (Å²) in [6, 6.07) is 11.0. The van der Waals surface area contributed by atoms with Gasteiger partial charge in [0.25, 0.3) is 0 Å². The van der Waals surface area contributed by atoms with Gasteiger partial charge in [-0.05, 0) is 48.5 Å². The van der Waals surface area contributed by atoms with Crippen molar-refractivity contribution in [2.24, 2.45) is 5.73 Å². The lowest BCUT2D eigenvalue weighted by Gasteiger charge is -2.05. The Hall–Kier alpha value is -3.95. The Bertz CT molecular complexity index is 1210. The van der Waals surface area contributed by atoms with Crippen molar-refractivity contribution in [1.29, 1.82) is 0 Å². The van der Waals surface area contributed by atoms with Crippen molar-refractivity contribution >= 4 is 5.91 Å². The van der Waals surface area contributed by atoms with Gasteiger partial charge in [-0.15, -0.1) is 0 Å². The van der Waals surface area contributed by atoms with Gasteiger partial charge in [0.1, 0.15) is 11.5 Å². The van der Waals surface area contributed by atoms with Crippen LogP contribution in [-0.2, 0) is 6.18 Å². The van der Waals surface area contributed by atoms with E-state index in [0.29, 0.717) is 5.69 Å². The first-order chi connectivity index (χ1) is 14.2. The molecular weight excluding hydrogens is 404 g/mol. The summed E-state index contributed by atoms with van der Waals surface area (Å²) in [7, 11) is 0. The largest absolute Gasteiger partial charge is 0.453 e. The topological polar surface area (TPSA) is 86.9 Å². The van der Waals surface area contributed by atoms with Crippen LogP contribution in [0.15, 0.2) is 65.6 Å². The average Bonchev–Trinajstić information content (AvgIpc) is 3.35. The maximum absolute atomic E-state index is 13.5. The lowest BCUT2D eigenvalue weighted by atomic mass is 10.0. The summed E-state index contributed by atoms with van der Waals surface area (Å²) in [6.07, 6.45) is -2.13. The van der Waals surface area contributed by atoms with Crippen molar-refractivity contribution in [3.63, 3.8) is 0 Å². The Morgan fingerprint density at radius 2 is 1.70 bits per heavy atom. The zero-order valence-electron chi connectivity index (χ0n) is 15.0. The van der Waals surface area contributed by atoms with Gasteiger partial charge in [-0.25, -0.2) is 9.37 Å². The van der Waals surface area contributed by atoms with Crippen LogP contribution < -0.4 is 5.73 Å². The Labute approximate surface area is 166 Å². The average molecular weight is 416 g/mol. The molecule has 0 unspecified atom stereocenters. The van der Waals surface area contributed by atoms with Crippen LogP contribution in [0.2, 0.25) is 0 Å². The van der Waals surface area contributed by atoms with E-state index >= 15 is 0 Å². The number of halogens is 4. The molecule has 0 bridgehead atoms. The highest BCUT2D eigenvalue weighted by Gasteiger charge is 2.41. The third kappa shape index (κ3) is 3.54. The third-order valence-electron chi connectivity index (χ3n) is 4.36. The molecule has 6 nitrogen and oxygen atoms in total. The van der Waals surface area contributed by atoms with Gasteiger partial charge in [-0.3, -0.25) is 4.79 Å². The number of amides is 1. The highest BCUT2D eigenvalue weighted by molar-refractivity contribution is 5.92. The molecule has 0 aliphatic rings. The molecule has 2 N–H and O–H groups in total. The van der Waals surface area contributed by atoms with Gasteiger partial charge in [0.15, 0.2) is 0 Å². The van der Waals surface area contributed by atoms with Crippen molar-refractivity contribution in [3.8, 4) is 28.2 Å². The second kappa shape index (κ2) is 7.14. The molecule has 0 spiro atoms. The molecule has 2 aromatic heterocycles. The first-order valence-electron chi connectivity index (χ1n) is 8.51. The molecule has 4 aromatic rings. The second-order valence-electron chi connectivity index (χ2n) is 6.32. The number of alkyl halides is 3. The normalized spacial score (nSPS) is 11.6. The van der Waals surface area contributed by atoms with E-state index in [2.05, 4.69) is 14.7 Å². The lowest BCUT2D eigenvalue weighted by molar-refractivity contribution is -0.154. The van der Waals surface area contributed by atoms with Crippen LogP contribution in [0, 0.1) is 5.82 Å². The number of imidazole rings is 1. The van der Waals surface area contributed by atoms with Crippen LogP contribution in [0.5, 0.6) is 0 Å². The molecule has 10 heteroatoms. The summed E-state index contributed by atoms with van der Waals surface area (Å²) < 4.78 is 59.8. The van der Waals surface area contributed by atoms with Crippen LogP contribution in [-0.4, -0.2) is 20.6 Å². The van der Waals surface area contributed by atoms with Crippen molar-refractivity contribution in [3.05, 3.63) is 78.2 Å². The number of benzene rings is 2. The van der Waals surface area contributed by atoms with Gasteiger partial charge in [0.2, 0.25) is 11.7 Å². The summed E-state index contributed by atoms with van der Waals surface area (Å²) in [5, 5.41) is 3.55. The fourth-order valence-corrected chi connectivity index (χ4v) is 2.92. The van der Waals surface area contributed by atoms with Crippen LogP contribution in [0.4, 0.5) is 17.6 Å². The van der Waals surface area contributed by atoms with E-state index in [4.69, 9.17) is 5.73 Å². The van der Waals surface area contributed by atoms with Gasteiger partial charge in [-0.2, -0.15) is 13.2 Å². The van der Waals surface area contributed by atoms with Crippen LogP contribution >= 0.6 is 0 Å². The van der Waals surface area contributed by atoms with Gasteiger partial charge < -0.3 is 14.8 Å². The van der Waals surface area contributed by atoms with E-state index in [1.807, 2.05) is 0 Å². The quantitative estimate of drug-likeness (QED) is 0.498. The molecular formula is C20H12F4N4O2. The number of primary amides is 1. The zero-order chi connectivity index (χ0) is 21.5. The van der Waals surface area contributed by atoms with Crippen molar-refractivity contribution in [1.82, 2.24) is 14.7 Å². The Morgan fingerprint density at radius 1 is 1.03 bits per heavy atom. The van der Waals surface area contributed by atoms with E-state index in [0.717, 1.165) is 12.1 Å². The number of nitrogens with two attached hydrogens (primary N) is 1. The molecule has 0 aliphatic heterocycles. The van der Waals surface area contributed by atoms with Crippen molar-refractivity contribution in [2.75, 3.05) is 0 Å². The van der Waals surface area contributed by atoms with Gasteiger partial charge in [-0.1, -0.05) is 5.16 Å². The molecule has 0 aliphatic carbocycles. The van der Waals surface area contributed by atoms with Crippen molar-refractivity contribution < 1.29 is 26.9 Å². The van der Waals surface area contributed by atoms with Crippen LogP contribution in [0.25, 0.3) is 28.2 Å². The minimum Gasteiger partial charge on any atom is -0.366 e. The monoisotopic (exact) mass is 416 g/mol. The first kappa shape index (κ1) is 19.4. The molecule has 0 fully saturated rings. The maximum atomic E-state index is 13.5. The van der Waals surface area contributed by atoms with Crippen molar-refractivity contribution in [2.45, 2.75) is 6.18 Å². The smallest absolute Gasteiger partial charge is 0.366 e. The standard InChI is InChI=1S/C20H12F4N4O2/c21-13-5-1-11(2-6-13)17-16(18(30-27-17)20(22,23)24)15-9-28(10-26-15)14-7-3-12(4-8-14)19(25)29/h1-10H,(H2,25,29). The van der Waals surface area contributed by atoms with E-state index < -0.39 is 23.7 Å². The predicted octanol–water partition coefficient (Wildman–Crippen LogP) is 4.45. The van der Waals surface area contributed by atoms with Gasteiger partial charge in [0, 0.05) is 23.0 Å². The molecule has 1 amide bonds. The van der Waals surface area contributed by atoms with Crippen LogP contribution in [0.3, 0.4) is 0 Å². The van der Waals surface area contributed by atoms with Gasteiger partial charge in [0.05, 0.1) is 17.6 Å². The van der Waals surface area contributed by atoms with Gasteiger partial charge >= 0.3 is 6.18 Å². The van der Waals surface area contributed by atoms with E-state index in [1.54, 1.807) is 12.1 Å². The fourth-order valence-electron chi connectivity index (χ4n) is 2.92. The number of carbonyl (C=O) groups is 1. The summed E-state index contributed by atoms with van der Waals surface area (Å²) in [4.78, 5) is 15.3. The molecule has 2 heterocycles. The minimum atomic E-state index is -4.81. The van der Waals surface area contributed by atoms with E-state index in [1.165, 1.54) is 41.4 Å². The molecule has 0 radical (unpaired) electrons. The number of carbonyl (C=O) groups excluding carboxylic acids is 1. The molecule has 0 saturated heterocycles. The molecule has 30 heavy (non-hydrogen) atoms. The Morgan fingerprint density at radius 3 is 2.30 bits per heavy atom. The van der Waals surface area contributed by atoms with E-state index in [9.17, 15) is 22.4 Å². The summed E-state index contributed by atoms with van der Waals surface area (Å²) in [5.74, 6) is -2.45. The zero-order valence-corrected chi connectivity index (χ0v) is 15.0. The third-order valence-corrected chi connectivity index (χ3v) is 4.36. The lowest BCUT2D eigenvalue weighted by Crippen LogP contribution is -2.10. The SMILES string of the molecule is NC(=O)c1ccc(-n2cnc(-c3c(-c4ccc(F)cc4)noc3C(F)(F)F)c2)cc1. The Kier molecular flexibility index (Phi) is 4.61. The van der Waals surface area contributed by atoms with Crippen LogP contribution in [0.1, 0.15) is 16.1 Å². The number of hydrogen-bond acceptors (Lipinski definition) is 4. The summed E-state index contributed by atoms with van der Waals surface area (Å²) in [5.41, 5.74) is 5.77.